The molecule has 0 radical (unpaired) electrons. The summed E-state index contributed by atoms with van der Waals surface area (Å²) in [6.07, 6.45) is 3.32. The van der Waals surface area contributed by atoms with Crippen molar-refractivity contribution in [1.29, 1.82) is 0 Å². The van der Waals surface area contributed by atoms with Gasteiger partial charge in [-0.1, -0.05) is 54.6 Å². The van der Waals surface area contributed by atoms with Crippen molar-refractivity contribution in [2.24, 2.45) is 5.73 Å². The van der Waals surface area contributed by atoms with Crippen LogP contribution in [-0.4, -0.2) is 12.1 Å². The first-order chi connectivity index (χ1) is 12.7. The second kappa shape index (κ2) is 10.4. The van der Waals surface area contributed by atoms with Gasteiger partial charge in [0, 0.05) is 6.42 Å². The lowest BCUT2D eigenvalue weighted by atomic mass is 10.2. The monoisotopic (exact) mass is 441 g/mol. The van der Waals surface area contributed by atoms with E-state index in [4.69, 9.17) is 5.73 Å². The van der Waals surface area contributed by atoms with E-state index < -0.39 is 7.26 Å². The summed E-state index contributed by atoms with van der Waals surface area (Å²) in [4.78, 5) is 11.2. The number of benzene rings is 3. The molecule has 0 aliphatic rings. The summed E-state index contributed by atoms with van der Waals surface area (Å²) in [6, 6.07) is 32.5. The smallest absolute Gasteiger partial charge is 0.217 e. The molecule has 0 bridgehead atoms. The number of rotatable bonds is 8. The van der Waals surface area contributed by atoms with Gasteiger partial charge in [0.05, 0.1) is 6.16 Å². The lowest BCUT2D eigenvalue weighted by molar-refractivity contribution is -0.118. The highest BCUT2D eigenvalue weighted by atomic mass is 79.9. The van der Waals surface area contributed by atoms with Gasteiger partial charge in [-0.3, -0.25) is 4.79 Å². The van der Waals surface area contributed by atoms with Crippen LogP contribution >= 0.6 is 7.26 Å². The minimum Gasteiger partial charge on any atom is -1.00 e. The molecule has 0 atom stereocenters. The average Bonchev–Trinajstić information content (AvgIpc) is 2.70. The van der Waals surface area contributed by atoms with Crippen molar-refractivity contribution >= 4 is 29.1 Å². The summed E-state index contributed by atoms with van der Waals surface area (Å²) >= 11 is 0. The molecule has 0 saturated carbocycles. The highest BCUT2D eigenvalue weighted by molar-refractivity contribution is 7.95. The first-order valence-electron chi connectivity index (χ1n) is 9.07. The van der Waals surface area contributed by atoms with Crippen molar-refractivity contribution < 1.29 is 21.8 Å². The molecule has 140 valence electrons. The predicted octanol–water partition coefficient (Wildman–Crippen LogP) is 0.640. The van der Waals surface area contributed by atoms with Gasteiger partial charge in [0.15, 0.2) is 0 Å². The topological polar surface area (TPSA) is 43.1 Å². The Morgan fingerprint density at radius 2 is 1.04 bits per heavy atom. The molecule has 0 saturated heterocycles. The van der Waals surface area contributed by atoms with E-state index in [1.807, 2.05) is 0 Å². The number of unbranched alkanes of at least 4 members (excludes halogenated alkanes) is 1. The Bertz CT molecular complexity index is 728. The third kappa shape index (κ3) is 5.06. The van der Waals surface area contributed by atoms with E-state index in [9.17, 15) is 4.79 Å². The molecule has 0 heterocycles. The summed E-state index contributed by atoms with van der Waals surface area (Å²) in [5.41, 5.74) is 5.35. The minimum absolute atomic E-state index is 0. The number of hydrogen-bond acceptors (Lipinski definition) is 1. The number of carbonyl (C=O) groups excluding carboxylic acids is 1. The average molecular weight is 442 g/mol. The van der Waals surface area contributed by atoms with Crippen LogP contribution in [0, 0.1) is 0 Å². The first-order valence-corrected chi connectivity index (χ1v) is 11.0. The van der Waals surface area contributed by atoms with E-state index >= 15 is 0 Å². The SMILES string of the molecule is NC(=O)CCCC[P+](c1ccccc1)(c1ccccc1)c1ccccc1.[Br-]. The van der Waals surface area contributed by atoms with Crippen LogP contribution in [0.1, 0.15) is 19.3 Å². The Morgan fingerprint density at radius 3 is 1.37 bits per heavy atom. The predicted molar refractivity (Wildman–Crippen MR) is 113 cm³/mol. The molecular formula is C23H25BrNOP. The third-order valence-corrected chi connectivity index (χ3v) is 9.28. The van der Waals surface area contributed by atoms with Crippen LogP contribution in [-0.2, 0) is 4.79 Å². The molecule has 0 fully saturated rings. The Morgan fingerprint density at radius 1 is 0.667 bits per heavy atom. The molecule has 2 nitrogen and oxygen atoms in total. The maximum Gasteiger partial charge on any atom is 0.217 e. The zero-order valence-electron chi connectivity index (χ0n) is 15.3. The molecular weight excluding hydrogens is 417 g/mol. The van der Waals surface area contributed by atoms with E-state index in [-0.39, 0.29) is 22.9 Å². The van der Waals surface area contributed by atoms with Gasteiger partial charge in [-0.15, -0.1) is 0 Å². The van der Waals surface area contributed by atoms with Crippen LogP contribution < -0.4 is 38.6 Å². The molecule has 4 heteroatoms. The van der Waals surface area contributed by atoms with Gasteiger partial charge in [0.2, 0.25) is 5.91 Å². The summed E-state index contributed by atoms with van der Waals surface area (Å²) in [6.45, 7) is 0. The van der Waals surface area contributed by atoms with Crippen LogP contribution in [0.15, 0.2) is 91.0 Å². The van der Waals surface area contributed by atoms with Gasteiger partial charge >= 0.3 is 0 Å². The van der Waals surface area contributed by atoms with Crippen molar-refractivity contribution in [2.45, 2.75) is 19.3 Å². The van der Waals surface area contributed by atoms with E-state index in [1.54, 1.807) is 0 Å². The molecule has 3 rings (SSSR count). The maximum atomic E-state index is 11.2. The molecule has 0 aliphatic heterocycles. The molecule has 0 unspecified atom stereocenters. The van der Waals surface area contributed by atoms with E-state index in [2.05, 4.69) is 91.0 Å². The number of halogens is 1. The second-order valence-corrected chi connectivity index (χ2v) is 10.1. The number of amides is 1. The van der Waals surface area contributed by atoms with Gasteiger partial charge in [0.25, 0.3) is 0 Å². The fourth-order valence-electron chi connectivity index (χ4n) is 3.53. The van der Waals surface area contributed by atoms with Crippen LogP contribution in [0.4, 0.5) is 0 Å². The molecule has 2 N–H and O–H groups in total. The second-order valence-electron chi connectivity index (χ2n) is 6.46. The highest BCUT2D eigenvalue weighted by Gasteiger charge is 2.44. The van der Waals surface area contributed by atoms with E-state index in [0.717, 1.165) is 19.0 Å². The van der Waals surface area contributed by atoms with Crippen molar-refractivity contribution in [3.63, 3.8) is 0 Å². The third-order valence-electron chi connectivity index (χ3n) is 4.76. The van der Waals surface area contributed by atoms with Gasteiger partial charge in [-0.05, 0) is 49.2 Å². The van der Waals surface area contributed by atoms with Crippen LogP contribution in [0.25, 0.3) is 0 Å². The molecule has 0 spiro atoms. The fraction of sp³-hybridized carbons (Fsp3) is 0.174. The largest absolute Gasteiger partial charge is 1.00 e. The lowest BCUT2D eigenvalue weighted by Gasteiger charge is -2.27. The Balaban J connectivity index is 0.00000261. The lowest BCUT2D eigenvalue weighted by Crippen LogP contribution is -3.00. The number of primary amides is 1. The zero-order chi connectivity index (χ0) is 18.2. The number of carbonyl (C=O) groups is 1. The number of hydrogen-bond donors (Lipinski definition) is 1. The normalized spacial score (nSPS) is 10.8. The molecule has 0 aliphatic carbocycles. The molecule has 27 heavy (non-hydrogen) atoms. The Kier molecular flexibility index (Phi) is 8.22. The Labute approximate surface area is 172 Å². The Hall–Kier alpha value is -1.96. The van der Waals surface area contributed by atoms with Crippen LogP contribution in [0.3, 0.4) is 0 Å². The molecule has 0 aromatic heterocycles. The highest BCUT2D eigenvalue weighted by Crippen LogP contribution is 2.55. The molecule has 3 aromatic carbocycles. The van der Waals surface area contributed by atoms with Gasteiger partial charge in [-0.25, -0.2) is 0 Å². The summed E-state index contributed by atoms with van der Waals surface area (Å²) in [5.74, 6) is -0.215. The van der Waals surface area contributed by atoms with E-state index in [1.165, 1.54) is 15.9 Å². The standard InChI is InChI=1S/C23H24NOP.BrH/c24-23(25)18-10-11-19-26(20-12-4-1-5-13-20,21-14-6-2-7-15-21)22-16-8-3-9-17-22;/h1-9,12-17H,10-11,18-19H2,(H-,24,25);1H. The number of nitrogens with two attached hydrogens (primary N) is 1. The minimum atomic E-state index is -1.77. The van der Waals surface area contributed by atoms with Crippen molar-refractivity contribution in [3.05, 3.63) is 91.0 Å². The summed E-state index contributed by atoms with van der Waals surface area (Å²) < 4.78 is 0. The van der Waals surface area contributed by atoms with E-state index in [0.29, 0.717) is 6.42 Å². The van der Waals surface area contributed by atoms with Crippen LogP contribution in [0.2, 0.25) is 0 Å². The van der Waals surface area contributed by atoms with Gasteiger partial charge in [-0.2, -0.15) is 0 Å². The summed E-state index contributed by atoms with van der Waals surface area (Å²) in [7, 11) is -1.77. The molecule has 1 amide bonds. The van der Waals surface area contributed by atoms with Gasteiger partial charge < -0.3 is 22.7 Å². The zero-order valence-corrected chi connectivity index (χ0v) is 17.8. The van der Waals surface area contributed by atoms with Crippen molar-refractivity contribution in [1.82, 2.24) is 0 Å². The quantitative estimate of drug-likeness (QED) is 0.404. The van der Waals surface area contributed by atoms with Crippen LogP contribution in [0.5, 0.6) is 0 Å². The summed E-state index contributed by atoms with van der Waals surface area (Å²) in [5, 5.41) is 4.16. The van der Waals surface area contributed by atoms with Crippen molar-refractivity contribution in [3.8, 4) is 0 Å². The maximum absolute atomic E-state index is 11.2. The molecule has 3 aromatic rings. The van der Waals surface area contributed by atoms with Crippen molar-refractivity contribution in [2.75, 3.05) is 6.16 Å². The fourth-order valence-corrected chi connectivity index (χ4v) is 7.94. The first kappa shape index (κ1) is 21.3. The van der Waals surface area contributed by atoms with Gasteiger partial charge in [0.1, 0.15) is 23.2 Å².